The number of carbonyl (C=O) groups is 1. The van der Waals surface area contributed by atoms with Crippen LogP contribution in [0.3, 0.4) is 0 Å². The van der Waals surface area contributed by atoms with Gasteiger partial charge in [0.15, 0.2) is 0 Å². The van der Waals surface area contributed by atoms with Crippen molar-refractivity contribution in [2.45, 2.75) is 19.4 Å². The summed E-state index contributed by atoms with van der Waals surface area (Å²) >= 11 is 0. The summed E-state index contributed by atoms with van der Waals surface area (Å²) in [7, 11) is 0. The molecule has 1 unspecified atom stereocenters. The number of nitrogens with one attached hydrogen (secondary N) is 2. The Morgan fingerprint density at radius 1 is 1.29 bits per heavy atom. The van der Waals surface area contributed by atoms with Crippen molar-refractivity contribution < 1.29 is 9.90 Å². The minimum absolute atomic E-state index is 0.0335. The zero-order chi connectivity index (χ0) is 15.2. The van der Waals surface area contributed by atoms with Crippen LogP contribution in [0.5, 0.6) is 0 Å². The number of carbonyl (C=O) groups excluding carboxylic acids is 1. The summed E-state index contributed by atoms with van der Waals surface area (Å²) in [4.78, 5) is 26.3. The van der Waals surface area contributed by atoms with Gasteiger partial charge < -0.3 is 15.4 Å². The molecule has 1 aromatic carbocycles. The number of aliphatic hydroxyl groups excluding tert-OH is 1. The Labute approximate surface area is 122 Å². The first-order valence-electron chi connectivity index (χ1n) is 6.78. The molecule has 3 N–H and O–H groups in total. The van der Waals surface area contributed by atoms with Crippen molar-refractivity contribution in [3.63, 3.8) is 0 Å². The maximum Gasteiger partial charge on any atom is 0.252 e. The van der Waals surface area contributed by atoms with Gasteiger partial charge in [0.05, 0.1) is 6.04 Å². The minimum Gasteiger partial charge on any atom is -0.396 e. The van der Waals surface area contributed by atoms with Crippen molar-refractivity contribution >= 4 is 5.91 Å². The largest absolute Gasteiger partial charge is 0.396 e. The third kappa shape index (κ3) is 4.03. The van der Waals surface area contributed by atoms with E-state index in [0.29, 0.717) is 17.7 Å². The summed E-state index contributed by atoms with van der Waals surface area (Å²) in [5, 5.41) is 12.0. The second-order valence-electron chi connectivity index (χ2n) is 4.87. The Kier molecular flexibility index (Phi) is 4.90. The van der Waals surface area contributed by atoms with Crippen LogP contribution in [0.4, 0.5) is 0 Å². The highest BCUT2D eigenvalue weighted by Gasteiger charge is 2.15. The van der Waals surface area contributed by atoms with Crippen LogP contribution < -0.4 is 10.9 Å². The van der Waals surface area contributed by atoms with Crippen LogP contribution in [0.25, 0.3) is 0 Å². The molecule has 5 nitrogen and oxygen atoms in total. The summed E-state index contributed by atoms with van der Waals surface area (Å²) in [5.74, 6) is -0.327. The number of aliphatic hydroxyl groups is 1. The molecule has 0 bridgehead atoms. The molecule has 0 aliphatic carbocycles. The molecule has 0 spiro atoms. The molecule has 1 atom stereocenters. The number of rotatable bonds is 5. The first-order chi connectivity index (χ1) is 10.1. The molecule has 1 heterocycles. The van der Waals surface area contributed by atoms with Gasteiger partial charge in [-0.15, -0.1) is 0 Å². The van der Waals surface area contributed by atoms with E-state index in [2.05, 4.69) is 10.3 Å². The average molecular weight is 286 g/mol. The molecule has 0 aliphatic rings. The number of aromatic nitrogens is 1. The standard InChI is InChI=1S/C16H18N2O3/c1-11-9-13(10-15(20)17-11)16(21)18-14(7-8-19)12-5-3-2-4-6-12/h2-6,9-10,14,19H,7-8H2,1H3,(H,17,20)(H,18,21). The fourth-order valence-corrected chi connectivity index (χ4v) is 2.19. The highest BCUT2D eigenvalue weighted by Crippen LogP contribution is 2.16. The van der Waals surface area contributed by atoms with Gasteiger partial charge in [0.2, 0.25) is 5.56 Å². The number of pyridine rings is 1. The number of H-pyrrole nitrogens is 1. The first-order valence-corrected chi connectivity index (χ1v) is 6.78. The topological polar surface area (TPSA) is 82.2 Å². The number of benzene rings is 1. The van der Waals surface area contributed by atoms with E-state index in [1.54, 1.807) is 13.0 Å². The van der Waals surface area contributed by atoms with Gasteiger partial charge in [-0.05, 0) is 25.0 Å². The summed E-state index contributed by atoms with van der Waals surface area (Å²) in [6.45, 7) is 1.69. The van der Waals surface area contributed by atoms with Gasteiger partial charge in [-0.1, -0.05) is 30.3 Å². The van der Waals surface area contributed by atoms with Crippen molar-refractivity contribution in [1.82, 2.24) is 10.3 Å². The molecular weight excluding hydrogens is 268 g/mol. The van der Waals surface area contributed by atoms with E-state index in [1.807, 2.05) is 30.3 Å². The van der Waals surface area contributed by atoms with E-state index in [9.17, 15) is 9.59 Å². The van der Waals surface area contributed by atoms with Crippen molar-refractivity contribution in [2.75, 3.05) is 6.61 Å². The Morgan fingerprint density at radius 3 is 2.62 bits per heavy atom. The number of hydrogen-bond donors (Lipinski definition) is 3. The van der Waals surface area contributed by atoms with E-state index in [0.717, 1.165) is 5.56 Å². The molecule has 5 heteroatoms. The second-order valence-corrected chi connectivity index (χ2v) is 4.87. The number of hydrogen-bond acceptors (Lipinski definition) is 3. The van der Waals surface area contributed by atoms with E-state index in [4.69, 9.17) is 5.11 Å². The predicted molar refractivity (Wildman–Crippen MR) is 80.2 cm³/mol. The highest BCUT2D eigenvalue weighted by molar-refractivity contribution is 5.94. The lowest BCUT2D eigenvalue weighted by molar-refractivity contribution is 0.0929. The van der Waals surface area contributed by atoms with Crippen LogP contribution in [0, 0.1) is 6.92 Å². The van der Waals surface area contributed by atoms with Crippen LogP contribution in [-0.2, 0) is 0 Å². The fraction of sp³-hybridized carbons (Fsp3) is 0.250. The highest BCUT2D eigenvalue weighted by atomic mass is 16.3. The van der Waals surface area contributed by atoms with Crippen molar-refractivity contribution in [3.8, 4) is 0 Å². The van der Waals surface area contributed by atoms with Gasteiger partial charge in [-0.3, -0.25) is 9.59 Å². The van der Waals surface area contributed by atoms with Crippen LogP contribution in [0.15, 0.2) is 47.3 Å². The summed E-state index contributed by atoms with van der Waals surface area (Å²) in [5.41, 5.74) is 1.56. The Morgan fingerprint density at radius 2 is 2.00 bits per heavy atom. The quantitative estimate of drug-likeness (QED) is 0.779. The fourth-order valence-electron chi connectivity index (χ4n) is 2.19. The smallest absolute Gasteiger partial charge is 0.252 e. The van der Waals surface area contributed by atoms with Crippen molar-refractivity contribution in [3.05, 3.63) is 69.6 Å². The van der Waals surface area contributed by atoms with Gasteiger partial charge in [0, 0.05) is 23.9 Å². The number of aryl methyl sites for hydroxylation is 1. The normalized spacial score (nSPS) is 11.9. The molecule has 1 amide bonds. The predicted octanol–water partition coefficient (Wildman–Crippen LogP) is 1.54. The van der Waals surface area contributed by atoms with Crippen molar-refractivity contribution in [2.24, 2.45) is 0 Å². The molecule has 0 radical (unpaired) electrons. The van der Waals surface area contributed by atoms with Crippen LogP contribution in [-0.4, -0.2) is 22.6 Å². The van der Waals surface area contributed by atoms with E-state index in [-0.39, 0.29) is 24.1 Å². The van der Waals surface area contributed by atoms with E-state index in [1.165, 1.54) is 6.07 Å². The molecule has 1 aromatic heterocycles. The third-order valence-electron chi connectivity index (χ3n) is 3.17. The van der Waals surface area contributed by atoms with Gasteiger partial charge in [0.25, 0.3) is 5.91 Å². The molecule has 0 saturated carbocycles. The monoisotopic (exact) mass is 286 g/mol. The Balaban J connectivity index is 2.20. The van der Waals surface area contributed by atoms with Crippen LogP contribution in [0.2, 0.25) is 0 Å². The maximum absolute atomic E-state index is 12.3. The maximum atomic E-state index is 12.3. The number of amides is 1. The van der Waals surface area contributed by atoms with E-state index < -0.39 is 0 Å². The van der Waals surface area contributed by atoms with Gasteiger partial charge in [-0.25, -0.2) is 0 Å². The summed E-state index contributed by atoms with van der Waals surface area (Å²) in [6, 6.07) is 12.0. The second kappa shape index (κ2) is 6.85. The molecular formula is C16H18N2O3. The SMILES string of the molecule is Cc1cc(C(=O)NC(CCO)c2ccccc2)cc(=O)[nH]1. The minimum atomic E-state index is -0.327. The lowest BCUT2D eigenvalue weighted by atomic mass is 10.0. The van der Waals surface area contributed by atoms with Crippen LogP contribution >= 0.6 is 0 Å². The van der Waals surface area contributed by atoms with Gasteiger partial charge in [-0.2, -0.15) is 0 Å². The van der Waals surface area contributed by atoms with E-state index >= 15 is 0 Å². The molecule has 0 fully saturated rings. The van der Waals surface area contributed by atoms with Gasteiger partial charge in [0.1, 0.15) is 0 Å². The molecule has 21 heavy (non-hydrogen) atoms. The van der Waals surface area contributed by atoms with Crippen LogP contribution in [0.1, 0.15) is 34.1 Å². The lowest BCUT2D eigenvalue weighted by Crippen LogP contribution is -2.30. The molecule has 0 aliphatic heterocycles. The third-order valence-corrected chi connectivity index (χ3v) is 3.17. The van der Waals surface area contributed by atoms with Crippen molar-refractivity contribution in [1.29, 1.82) is 0 Å². The first kappa shape index (κ1) is 15.0. The Hall–Kier alpha value is -2.40. The summed E-state index contributed by atoms with van der Waals surface area (Å²) < 4.78 is 0. The molecule has 0 saturated heterocycles. The molecule has 2 aromatic rings. The molecule has 110 valence electrons. The summed E-state index contributed by atoms with van der Waals surface area (Å²) in [6.07, 6.45) is 0.415. The van der Waals surface area contributed by atoms with Gasteiger partial charge >= 0.3 is 0 Å². The lowest BCUT2D eigenvalue weighted by Gasteiger charge is -2.18. The number of aromatic amines is 1. The molecule has 2 rings (SSSR count). The Bertz CT molecular complexity index is 665. The zero-order valence-electron chi connectivity index (χ0n) is 11.8. The average Bonchev–Trinajstić information content (AvgIpc) is 2.46. The zero-order valence-corrected chi connectivity index (χ0v) is 11.8.